The number of hydrogen-bond acceptors (Lipinski definition) is 2. The van der Waals surface area contributed by atoms with E-state index in [2.05, 4.69) is 0 Å². The third-order valence-corrected chi connectivity index (χ3v) is 3.55. The summed E-state index contributed by atoms with van der Waals surface area (Å²) < 4.78 is 40.3. The SMILES string of the molecule is Cc1ccc(C(O)(CC(=N)c2ccccc2)C(F)(F)F)cc1. The maximum atomic E-state index is 13.4. The first kappa shape index (κ1) is 16.2. The van der Waals surface area contributed by atoms with Crippen molar-refractivity contribution in [2.24, 2.45) is 0 Å². The van der Waals surface area contributed by atoms with Crippen molar-refractivity contribution in [3.05, 3.63) is 71.3 Å². The van der Waals surface area contributed by atoms with E-state index in [-0.39, 0.29) is 11.3 Å². The highest BCUT2D eigenvalue weighted by atomic mass is 19.4. The normalized spacial score (nSPS) is 14.4. The van der Waals surface area contributed by atoms with E-state index in [9.17, 15) is 18.3 Å². The zero-order valence-corrected chi connectivity index (χ0v) is 12.0. The smallest absolute Gasteiger partial charge is 0.376 e. The van der Waals surface area contributed by atoms with E-state index >= 15 is 0 Å². The van der Waals surface area contributed by atoms with Gasteiger partial charge in [-0.2, -0.15) is 13.2 Å². The maximum Gasteiger partial charge on any atom is 0.421 e. The molecule has 2 aromatic carbocycles. The number of aryl methyl sites for hydroxylation is 1. The molecule has 0 saturated carbocycles. The van der Waals surface area contributed by atoms with Crippen LogP contribution in [0.25, 0.3) is 0 Å². The lowest BCUT2D eigenvalue weighted by Gasteiger charge is -2.31. The predicted octanol–water partition coefficient (Wildman–Crippen LogP) is 4.20. The average Bonchev–Trinajstić information content (AvgIpc) is 2.47. The molecule has 2 rings (SSSR count). The molecule has 0 bridgehead atoms. The lowest BCUT2D eigenvalue weighted by atomic mass is 9.85. The van der Waals surface area contributed by atoms with Crippen LogP contribution in [0.4, 0.5) is 13.2 Å². The summed E-state index contributed by atoms with van der Waals surface area (Å²) in [5.41, 5.74) is -2.44. The van der Waals surface area contributed by atoms with Crippen LogP contribution in [0.3, 0.4) is 0 Å². The van der Waals surface area contributed by atoms with Crippen LogP contribution in [0.15, 0.2) is 54.6 Å². The van der Waals surface area contributed by atoms with Gasteiger partial charge in [-0.3, -0.25) is 0 Å². The number of aliphatic hydroxyl groups is 1. The Kier molecular flexibility index (Phi) is 4.37. The lowest BCUT2D eigenvalue weighted by molar-refractivity contribution is -0.263. The van der Waals surface area contributed by atoms with Crippen molar-refractivity contribution in [3.8, 4) is 0 Å². The first-order valence-electron chi connectivity index (χ1n) is 6.73. The van der Waals surface area contributed by atoms with Gasteiger partial charge in [0.05, 0.1) is 0 Å². The molecule has 2 aromatic rings. The number of nitrogens with one attached hydrogen (secondary N) is 1. The molecule has 0 fully saturated rings. The molecule has 1 atom stereocenters. The minimum atomic E-state index is -4.87. The molecule has 0 aliphatic carbocycles. The maximum absolute atomic E-state index is 13.4. The summed E-state index contributed by atoms with van der Waals surface area (Å²) in [6.07, 6.45) is -5.70. The summed E-state index contributed by atoms with van der Waals surface area (Å²) in [6, 6.07) is 13.6. The van der Waals surface area contributed by atoms with Crippen LogP contribution in [0, 0.1) is 12.3 Å². The number of benzene rings is 2. The predicted molar refractivity (Wildman–Crippen MR) is 79.0 cm³/mol. The average molecular weight is 307 g/mol. The highest BCUT2D eigenvalue weighted by molar-refractivity contribution is 5.98. The Labute approximate surface area is 126 Å². The summed E-state index contributed by atoms with van der Waals surface area (Å²) >= 11 is 0. The Morgan fingerprint density at radius 3 is 2.05 bits per heavy atom. The molecule has 0 saturated heterocycles. The van der Waals surface area contributed by atoms with Crippen LogP contribution in [-0.2, 0) is 5.60 Å². The van der Waals surface area contributed by atoms with Crippen molar-refractivity contribution in [3.63, 3.8) is 0 Å². The Morgan fingerprint density at radius 2 is 1.55 bits per heavy atom. The van der Waals surface area contributed by atoms with Gasteiger partial charge in [-0.25, -0.2) is 0 Å². The van der Waals surface area contributed by atoms with E-state index in [0.29, 0.717) is 5.56 Å². The fraction of sp³-hybridized carbons (Fsp3) is 0.235. The number of alkyl halides is 3. The summed E-state index contributed by atoms with van der Waals surface area (Å²) in [4.78, 5) is 0. The van der Waals surface area contributed by atoms with Gasteiger partial charge in [-0.1, -0.05) is 60.2 Å². The highest BCUT2D eigenvalue weighted by Crippen LogP contribution is 2.42. The number of halogens is 3. The summed E-state index contributed by atoms with van der Waals surface area (Å²) in [7, 11) is 0. The minimum Gasteiger partial charge on any atom is -0.376 e. The van der Waals surface area contributed by atoms with Crippen molar-refractivity contribution >= 4 is 5.71 Å². The monoisotopic (exact) mass is 307 g/mol. The molecule has 1 unspecified atom stereocenters. The Morgan fingerprint density at radius 1 is 1.00 bits per heavy atom. The Balaban J connectivity index is 2.39. The van der Waals surface area contributed by atoms with Crippen molar-refractivity contribution in [1.82, 2.24) is 0 Å². The summed E-state index contributed by atoms with van der Waals surface area (Å²) in [5.74, 6) is 0. The molecule has 0 aromatic heterocycles. The summed E-state index contributed by atoms with van der Waals surface area (Å²) in [6.45, 7) is 1.75. The van der Waals surface area contributed by atoms with Gasteiger partial charge in [0.1, 0.15) is 0 Å². The second-order valence-electron chi connectivity index (χ2n) is 5.25. The van der Waals surface area contributed by atoms with Crippen LogP contribution in [0.2, 0.25) is 0 Å². The third kappa shape index (κ3) is 3.20. The fourth-order valence-corrected chi connectivity index (χ4v) is 2.19. The molecule has 0 heterocycles. The Bertz CT molecular complexity index is 650. The second kappa shape index (κ2) is 5.93. The van der Waals surface area contributed by atoms with Crippen LogP contribution in [-0.4, -0.2) is 17.0 Å². The highest BCUT2D eigenvalue weighted by Gasteiger charge is 2.55. The first-order valence-corrected chi connectivity index (χ1v) is 6.73. The molecule has 0 amide bonds. The molecule has 0 aliphatic rings. The molecule has 0 spiro atoms. The molecule has 0 radical (unpaired) electrons. The number of rotatable bonds is 4. The van der Waals surface area contributed by atoms with E-state index in [4.69, 9.17) is 5.41 Å². The quantitative estimate of drug-likeness (QED) is 0.817. The van der Waals surface area contributed by atoms with Crippen molar-refractivity contribution in [2.45, 2.75) is 25.1 Å². The molecule has 2 nitrogen and oxygen atoms in total. The second-order valence-corrected chi connectivity index (χ2v) is 5.25. The molecule has 2 N–H and O–H groups in total. The molecule has 22 heavy (non-hydrogen) atoms. The van der Waals surface area contributed by atoms with Crippen LogP contribution < -0.4 is 0 Å². The van der Waals surface area contributed by atoms with E-state index in [1.165, 1.54) is 24.3 Å². The molecule has 0 aliphatic heterocycles. The largest absolute Gasteiger partial charge is 0.421 e. The van der Waals surface area contributed by atoms with E-state index in [1.54, 1.807) is 37.3 Å². The van der Waals surface area contributed by atoms with Crippen molar-refractivity contribution in [2.75, 3.05) is 0 Å². The van der Waals surface area contributed by atoms with Gasteiger partial charge in [0.25, 0.3) is 0 Å². The number of hydrogen-bond donors (Lipinski definition) is 2. The van der Waals surface area contributed by atoms with E-state index in [0.717, 1.165) is 5.56 Å². The summed E-state index contributed by atoms with van der Waals surface area (Å²) in [5, 5.41) is 18.2. The third-order valence-electron chi connectivity index (χ3n) is 3.55. The van der Waals surface area contributed by atoms with Gasteiger partial charge >= 0.3 is 6.18 Å². The van der Waals surface area contributed by atoms with Gasteiger partial charge < -0.3 is 10.5 Å². The van der Waals surface area contributed by atoms with Crippen LogP contribution in [0.5, 0.6) is 0 Å². The zero-order valence-electron chi connectivity index (χ0n) is 12.0. The van der Waals surface area contributed by atoms with Gasteiger partial charge in [-0.15, -0.1) is 0 Å². The topological polar surface area (TPSA) is 44.1 Å². The molecule has 116 valence electrons. The standard InChI is InChI=1S/C17H16F3NO/c1-12-7-9-14(10-8-12)16(22,17(18,19)20)11-15(21)13-5-3-2-4-6-13/h2-10,21-22H,11H2,1H3. The molecule has 5 heteroatoms. The van der Waals surface area contributed by atoms with Gasteiger partial charge in [-0.05, 0) is 18.1 Å². The van der Waals surface area contributed by atoms with Crippen molar-refractivity contribution in [1.29, 1.82) is 5.41 Å². The minimum absolute atomic E-state index is 0.258. The van der Waals surface area contributed by atoms with Gasteiger partial charge in [0.15, 0.2) is 5.60 Å². The van der Waals surface area contributed by atoms with Gasteiger partial charge in [0, 0.05) is 12.1 Å². The molecular weight excluding hydrogens is 291 g/mol. The molecular formula is C17H16F3NO. The lowest BCUT2D eigenvalue weighted by Crippen LogP contribution is -2.44. The van der Waals surface area contributed by atoms with Crippen LogP contribution in [0.1, 0.15) is 23.1 Å². The van der Waals surface area contributed by atoms with E-state index in [1.807, 2.05) is 0 Å². The first-order chi connectivity index (χ1) is 10.2. The van der Waals surface area contributed by atoms with Crippen LogP contribution >= 0.6 is 0 Å². The Hall–Kier alpha value is -2.14. The fourth-order valence-electron chi connectivity index (χ4n) is 2.19. The van der Waals surface area contributed by atoms with Crippen molar-refractivity contribution < 1.29 is 18.3 Å². The van der Waals surface area contributed by atoms with Gasteiger partial charge in [0.2, 0.25) is 0 Å². The zero-order chi connectivity index (χ0) is 16.4. The van der Waals surface area contributed by atoms with E-state index < -0.39 is 18.2 Å².